The Labute approximate surface area is 127 Å². The molecule has 1 N–H and O–H groups in total. The number of fused-ring (bicyclic) bond motifs is 1. The fourth-order valence-electron chi connectivity index (χ4n) is 2.59. The molecule has 0 fully saturated rings. The van der Waals surface area contributed by atoms with Gasteiger partial charge in [0.1, 0.15) is 5.52 Å². The predicted molar refractivity (Wildman–Crippen MR) is 86.4 cm³/mol. The fraction of sp³-hybridized carbons (Fsp3) is 0.118. The molecular formula is C17H14ClFN2. The molecule has 0 amide bonds. The van der Waals surface area contributed by atoms with Gasteiger partial charge in [0.25, 0.3) is 0 Å². The summed E-state index contributed by atoms with van der Waals surface area (Å²) in [6.07, 6.45) is 0. The Morgan fingerprint density at radius 1 is 1.14 bits per heavy atom. The number of benzene rings is 2. The van der Waals surface area contributed by atoms with E-state index in [1.807, 2.05) is 44.3 Å². The van der Waals surface area contributed by atoms with E-state index in [9.17, 15) is 4.39 Å². The van der Waals surface area contributed by atoms with Crippen LogP contribution in [0.25, 0.3) is 22.2 Å². The minimum Gasteiger partial charge on any atom is -0.387 e. The van der Waals surface area contributed by atoms with Crippen LogP contribution in [0.15, 0.2) is 42.5 Å². The molecule has 4 heteroatoms. The third kappa shape index (κ3) is 2.34. The third-order valence-electron chi connectivity index (χ3n) is 3.55. The molecular weight excluding hydrogens is 287 g/mol. The zero-order valence-corrected chi connectivity index (χ0v) is 12.5. The van der Waals surface area contributed by atoms with Gasteiger partial charge in [0.05, 0.1) is 5.69 Å². The normalized spacial score (nSPS) is 10.9. The summed E-state index contributed by atoms with van der Waals surface area (Å²) in [7, 11) is 1.81. The number of nitrogens with zero attached hydrogens (tertiary/aromatic N) is 1. The standard InChI is InChI=1S/C17H14ClFN2/c1-10-15(11-6-4-3-5-7-11)21-17-13(16(10)20-2)8-12(18)9-14(17)19/h3-9H,1-2H3,(H,20,21). The van der Waals surface area contributed by atoms with Crippen molar-refractivity contribution in [2.75, 3.05) is 12.4 Å². The molecule has 0 spiro atoms. The van der Waals surface area contributed by atoms with Gasteiger partial charge in [-0.25, -0.2) is 9.37 Å². The Hall–Kier alpha value is -2.13. The van der Waals surface area contributed by atoms with Crippen LogP contribution in [0.4, 0.5) is 10.1 Å². The number of pyridine rings is 1. The zero-order valence-electron chi connectivity index (χ0n) is 11.7. The van der Waals surface area contributed by atoms with Crippen LogP contribution in [-0.4, -0.2) is 12.0 Å². The molecule has 3 aromatic rings. The summed E-state index contributed by atoms with van der Waals surface area (Å²) in [6.45, 7) is 1.97. The second-order valence-electron chi connectivity index (χ2n) is 4.86. The summed E-state index contributed by atoms with van der Waals surface area (Å²) in [5.74, 6) is -0.411. The monoisotopic (exact) mass is 300 g/mol. The molecule has 3 rings (SSSR count). The van der Waals surface area contributed by atoms with Crippen LogP contribution >= 0.6 is 11.6 Å². The van der Waals surface area contributed by atoms with Crippen molar-refractivity contribution in [3.8, 4) is 11.3 Å². The van der Waals surface area contributed by atoms with Gasteiger partial charge < -0.3 is 5.32 Å². The Balaban J connectivity index is 2.41. The van der Waals surface area contributed by atoms with Crippen LogP contribution in [0.5, 0.6) is 0 Å². The van der Waals surface area contributed by atoms with Crippen molar-refractivity contribution in [1.82, 2.24) is 4.98 Å². The van der Waals surface area contributed by atoms with Crippen LogP contribution in [0.1, 0.15) is 5.56 Å². The Kier molecular flexibility index (Phi) is 3.52. The first-order valence-electron chi connectivity index (χ1n) is 6.64. The number of anilines is 1. The van der Waals surface area contributed by atoms with Gasteiger partial charge in [-0.05, 0) is 24.6 Å². The highest BCUT2D eigenvalue weighted by Gasteiger charge is 2.15. The summed E-state index contributed by atoms with van der Waals surface area (Å²) in [5.41, 5.74) is 3.88. The topological polar surface area (TPSA) is 24.9 Å². The molecule has 21 heavy (non-hydrogen) atoms. The van der Waals surface area contributed by atoms with Crippen molar-refractivity contribution in [3.05, 3.63) is 58.9 Å². The van der Waals surface area contributed by atoms with Crippen molar-refractivity contribution in [1.29, 1.82) is 0 Å². The van der Waals surface area contributed by atoms with Crippen LogP contribution in [0.3, 0.4) is 0 Å². The van der Waals surface area contributed by atoms with E-state index in [1.165, 1.54) is 6.07 Å². The van der Waals surface area contributed by atoms with Gasteiger partial charge in [-0.2, -0.15) is 0 Å². The molecule has 0 unspecified atom stereocenters. The molecule has 0 aliphatic heterocycles. The molecule has 0 saturated carbocycles. The van der Waals surface area contributed by atoms with Gasteiger partial charge in [0.2, 0.25) is 0 Å². The van der Waals surface area contributed by atoms with Gasteiger partial charge in [-0.15, -0.1) is 0 Å². The second-order valence-corrected chi connectivity index (χ2v) is 5.30. The highest BCUT2D eigenvalue weighted by atomic mass is 35.5. The zero-order chi connectivity index (χ0) is 15.0. The molecule has 1 aromatic heterocycles. The maximum Gasteiger partial charge on any atom is 0.151 e. The first-order valence-corrected chi connectivity index (χ1v) is 7.02. The van der Waals surface area contributed by atoms with E-state index in [0.29, 0.717) is 15.9 Å². The van der Waals surface area contributed by atoms with Gasteiger partial charge in [-0.1, -0.05) is 41.9 Å². The van der Waals surface area contributed by atoms with E-state index in [0.717, 1.165) is 22.5 Å². The van der Waals surface area contributed by atoms with E-state index >= 15 is 0 Å². The van der Waals surface area contributed by atoms with Crippen molar-refractivity contribution >= 4 is 28.2 Å². The van der Waals surface area contributed by atoms with Crippen LogP contribution in [0, 0.1) is 12.7 Å². The summed E-state index contributed by atoms with van der Waals surface area (Å²) in [6, 6.07) is 12.8. The number of halogens is 2. The van der Waals surface area contributed by atoms with Crippen molar-refractivity contribution in [3.63, 3.8) is 0 Å². The predicted octanol–water partition coefficient (Wildman–Crippen LogP) is 5.04. The molecule has 106 valence electrons. The molecule has 0 aliphatic rings. The van der Waals surface area contributed by atoms with Crippen LogP contribution in [0.2, 0.25) is 5.02 Å². The molecule has 0 saturated heterocycles. The number of hydrogen-bond acceptors (Lipinski definition) is 2. The Bertz CT molecular complexity index is 816. The van der Waals surface area contributed by atoms with Crippen molar-refractivity contribution in [2.24, 2.45) is 0 Å². The van der Waals surface area contributed by atoms with E-state index in [-0.39, 0.29) is 0 Å². The van der Waals surface area contributed by atoms with E-state index in [4.69, 9.17) is 11.6 Å². The lowest BCUT2D eigenvalue weighted by Gasteiger charge is -2.15. The van der Waals surface area contributed by atoms with E-state index in [2.05, 4.69) is 10.3 Å². The van der Waals surface area contributed by atoms with Gasteiger partial charge >= 0.3 is 0 Å². The minimum absolute atomic E-state index is 0.327. The average molecular weight is 301 g/mol. The molecule has 1 heterocycles. The maximum absolute atomic E-state index is 14.2. The van der Waals surface area contributed by atoms with Gasteiger partial charge in [0, 0.05) is 28.7 Å². The largest absolute Gasteiger partial charge is 0.387 e. The summed E-state index contributed by atoms with van der Waals surface area (Å²) in [4.78, 5) is 4.52. The van der Waals surface area contributed by atoms with Crippen molar-refractivity contribution < 1.29 is 4.39 Å². The minimum atomic E-state index is -0.411. The number of aromatic nitrogens is 1. The quantitative estimate of drug-likeness (QED) is 0.717. The first-order chi connectivity index (χ1) is 10.1. The van der Waals surface area contributed by atoms with Crippen molar-refractivity contribution in [2.45, 2.75) is 6.92 Å². The first kappa shape index (κ1) is 13.8. The number of nitrogens with one attached hydrogen (secondary N) is 1. The molecule has 0 bridgehead atoms. The Morgan fingerprint density at radius 3 is 2.52 bits per heavy atom. The second kappa shape index (κ2) is 5.34. The number of hydrogen-bond donors (Lipinski definition) is 1. The molecule has 2 nitrogen and oxygen atoms in total. The van der Waals surface area contributed by atoms with Crippen LogP contribution < -0.4 is 5.32 Å². The summed E-state index contributed by atoms with van der Waals surface area (Å²) < 4.78 is 14.2. The highest BCUT2D eigenvalue weighted by Crippen LogP contribution is 2.35. The highest BCUT2D eigenvalue weighted by molar-refractivity contribution is 6.31. The molecule has 0 atom stereocenters. The average Bonchev–Trinajstić information content (AvgIpc) is 2.47. The lowest BCUT2D eigenvalue weighted by atomic mass is 10.0. The Morgan fingerprint density at radius 2 is 1.86 bits per heavy atom. The van der Waals surface area contributed by atoms with E-state index < -0.39 is 5.82 Å². The lowest BCUT2D eigenvalue weighted by molar-refractivity contribution is 0.637. The summed E-state index contributed by atoms with van der Waals surface area (Å²) in [5, 5.41) is 4.20. The molecule has 0 radical (unpaired) electrons. The SMILES string of the molecule is CNc1c(C)c(-c2ccccc2)nc2c(F)cc(Cl)cc12. The van der Waals surface area contributed by atoms with E-state index in [1.54, 1.807) is 6.07 Å². The fourth-order valence-corrected chi connectivity index (χ4v) is 2.79. The van der Waals surface area contributed by atoms with Gasteiger partial charge in [0.15, 0.2) is 5.82 Å². The lowest BCUT2D eigenvalue weighted by Crippen LogP contribution is -2.00. The van der Waals surface area contributed by atoms with Crippen LogP contribution in [-0.2, 0) is 0 Å². The number of rotatable bonds is 2. The maximum atomic E-state index is 14.2. The van der Waals surface area contributed by atoms with Gasteiger partial charge in [-0.3, -0.25) is 0 Å². The molecule has 2 aromatic carbocycles. The third-order valence-corrected chi connectivity index (χ3v) is 3.77. The summed E-state index contributed by atoms with van der Waals surface area (Å²) >= 11 is 5.97. The smallest absolute Gasteiger partial charge is 0.151 e. The molecule has 0 aliphatic carbocycles.